The lowest BCUT2D eigenvalue weighted by Crippen LogP contribution is -1.77. The summed E-state index contributed by atoms with van der Waals surface area (Å²) in [6.45, 7) is 0. The number of rotatable bonds is 0. The number of allylic oxidation sites excluding steroid dienone is 6. The van der Waals surface area contributed by atoms with Crippen LogP contribution in [0.3, 0.4) is 0 Å². The van der Waals surface area contributed by atoms with E-state index in [1.807, 2.05) is 0 Å². The van der Waals surface area contributed by atoms with E-state index in [0.717, 1.165) is 0 Å². The summed E-state index contributed by atoms with van der Waals surface area (Å²) >= 11 is 0. The Balaban J connectivity index is 2.29. The van der Waals surface area contributed by atoms with Gasteiger partial charge in [-0.2, -0.15) is 0 Å². The molecular formula is C13H20. The molecule has 0 bridgehead atoms. The minimum atomic E-state index is 1.24. The summed E-state index contributed by atoms with van der Waals surface area (Å²) in [4.78, 5) is 0. The van der Waals surface area contributed by atoms with Crippen LogP contribution < -0.4 is 0 Å². The van der Waals surface area contributed by atoms with E-state index in [9.17, 15) is 0 Å². The molecule has 1 rings (SSSR count). The van der Waals surface area contributed by atoms with Gasteiger partial charge in [-0.1, -0.05) is 55.7 Å². The first-order valence-electron chi connectivity index (χ1n) is 5.48. The first-order chi connectivity index (χ1) is 6.50. The Bertz CT molecular complexity index is 164. The van der Waals surface area contributed by atoms with Gasteiger partial charge in [0.15, 0.2) is 0 Å². The fourth-order valence-electron chi connectivity index (χ4n) is 1.53. The Morgan fingerprint density at radius 2 is 0.923 bits per heavy atom. The zero-order valence-electron chi connectivity index (χ0n) is 8.41. The minimum absolute atomic E-state index is 1.24. The van der Waals surface area contributed by atoms with Crippen molar-refractivity contribution in [1.82, 2.24) is 0 Å². The van der Waals surface area contributed by atoms with Gasteiger partial charge in [0.05, 0.1) is 0 Å². The average Bonchev–Trinajstić information content (AvgIpc) is 2.18. The van der Waals surface area contributed by atoms with Crippen molar-refractivity contribution in [2.75, 3.05) is 0 Å². The maximum Gasteiger partial charge on any atom is -0.0348 e. The van der Waals surface area contributed by atoms with Gasteiger partial charge in [-0.25, -0.2) is 0 Å². The summed E-state index contributed by atoms with van der Waals surface area (Å²) in [6.07, 6.45) is 22.5. The quantitative estimate of drug-likeness (QED) is 0.513. The Morgan fingerprint density at radius 3 is 1.46 bits per heavy atom. The molecule has 0 N–H and O–H groups in total. The third-order valence-electron chi connectivity index (χ3n) is 2.35. The van der Waals surface area contributed by atoms with Crippen molar-refractivity contribution in [2.24, 2.45) is 0 Å². The van der Waals surface area contributed by atoms with Gasteiger partial charge < -0.3 is 0 Å². The van der Waals surface area contributed by atoms with Crippen LogP contribution in [0.4, 0.5) is 0 Å². The highest BCUT2D eigenvalue weighted by Gasteiger charge is 1.88. The Morgan fingerprint density at radius 1 is 0.462 bits per heavy atom. The Kier molecular flexibility index (Phi) is 6.22. The summed E-state index contributed by atoms with van der Waals surface area (Å²) in [5, 5.41) is 0. The molecule has 0 aliphatic heterocycles. The van der Waals surface area contributed by atoms with Crippen LogP contribution in [-0.4, -0.2) is 0 Å². The lowest BCUT2D eigenvalue weighted by molar-refractivity contribution is 0.622. The molecule has 0 saturated carbocycles. The van der Waals surface area contributed by atoms with E-state index in [-0.39, 0.29) is 0 Å². The predicted molar refractivity (Wildman–Crippen MR) is 59.7 cm³/mol. The Hall–Kier alpha value is -0.780. The monoisotopic (exact) mass is 176 g/mol. The maximum absolute atomic E-state index is 2.27. The van der Waals surface area contributed by atoms with E-state index >= 15 is 0 Å². The lowest BCUT2D eigenvalue weighted by Gasteiger charge is -1.97. The highest BCUT2D eigenvalue weighted by molar-refractivity contribution is 5.10. The Labute approximate surface area is 82.0 Å². The molecule has 0 heterocycles. The first kappa shape index (κ1) is 10.3. The van der Waals surface area contributed by atoms with E-state index < -0.39 is 0 Å². The number of hydrogen-bond donors (Lipinski definition) is 0. The largest absolute Gasteiger partial charge is 0.0845 e. The van der Waals surface area contributed by atoms with Crippen LogP contribution in [0.5, 0.6) is 0 Å². The molecule has 0 heteroatoms. The summed E-state index contributed by atoms with van der Waals surface area (Å²) in [5.41, 5.74) is 0. The molecule has 0 spiro atoms. The van der Waals surface area contributed by atoms with Crippen LogP contribution in [0.2, 0.25) is 0 Å². The van der Waals surface area contributed by atoms with Crippen LogP contribution in [0.15, 0.2) is 36.5 Å². The van der Waals surface area contributed by atoms with Crippen molar-refractivity contribution >= 4 is 0 Å². The highest BCUT2D eigenvalue weighted by atomic mass is 13.9. The molecule has 13 heavy (non-hydrogen) atoms. The van der Waals surface area contributed by atoms with Gasteiger partial charge in [0.2, 0.25) is 0 Å². The van der Waals surface area contributed by atoms with Gasteiger partial charge in [-0.3, -0.25) is 0 Å². The topological polar surface area (TPSA) is 0 Å². The van der Waals surface area contributed by atoms with Gasteiger partial charge in [-0.05, 0) is 25.7 Å². The summed E-state index contributed by atoms with van der Waals surface area (Å²) in [6, 6.07) is 0. The standard InChI is InChI=1S/C13H20/c1-2-4-6-8-10-12-13-11-9-7-5-3-1/h1-6H,7-13H2/b2-1?,5-3+,6-4?. The summed E-state index contributed by atoms with van der Waals surface area (Å²) < 4.78 is 0. The third kappa shape index (κ3) is 6.39. The normalized spacial score (nSPS) is 22.8. The fraction of sp³-hybridized carbons (Fsp3) is 0.538. The molecule has 1 aliphatic carbocycles. The fourth-order valence-corrected chi connectivity index (χ4v) is 1.53. The summed E-state index contributed by atoms with van der Waals surface area (Å²) in [5.74, 6) is 0. The van der Waals surface area contributed by atoms with E-state index in [0.29, 0.717) is 0 Å². The molecule has 0 nitrogen and oxygen atoms in total. The molecule has 0 saturated heterocycles. The first-order valence-corrected chi connectivity index (χ1v) is 5.48. The minimum Gasteiger partial charge on any atom is -0.0845 e. The third-order valence-corrected chi connectivity index (χ3v) is 2.35. The molecule has 0 unspecified atom stereocenters. The van der Waals surface area contributed by atoms with Crippen LogP contribution in [0.1, 0.15) is 44.9 Å². The molecule has 0 atom stereocenters. The van der Waals surface area contributed by atoms with E-state index in [1.165, 1.54) is 44.9 Å². The maximum atomic E-state index is 2.27. The van der Waals surface area contributed by atoms with Crippen molar-refractivity contribution in [3.63, 3.8) is 0 Å². The van der Waals surface area contributed by atoms with Crippen LogP contribution >= 0.6 is 0 Å². The second kappa shape index (κ2) is 7.85. The zero-order valence-corrected chi connectivity index (χ0v) is 8.41. The van der Waals surface area contributed by atoms with Gasteiger partial charge >= 0.3 is 0 Å². The zero-order chi connectivity index (χ0) is 9.19. The van der Waals surface area contributed by atoms with Gasteiger partial charge in [-0.15, -0.1) is 0 Å². The average molecular weight is 176 g/mol. The molecule has 1 aliphatic rings. The predicted octanol–water partition coefficient (Wildman–Crippen LogP) is 4.40. The van der Waals surface area contributed by atoms with Crippen molar-refractivity contribution in [3.8, 4) is 0 Å². The lowest BCUT2D eigenvalue weighted by atomic mass is 10.1. The molecule has 72 valence electrons. The van der Waals surface area contributed by atoms with Gasteiger partial charge in [0, 0.05) is 0 Å². The molecule has 0 radical (unpaired) electrons. The molecule has 0 aromatic carbocycles. The molecule has 0 fully saturated rings. The van der Waals surface area contributed by atoms with E-state index in [2.05, 4.69) is 36.5 Å². The van der Waals surface area contributed by atoms with Gasteiger partial charge in [0.1, 0.15) is 0 Å². The molecule has 0 amide bonds. The molecule has 0 aromatic heterocycles. The van der Waals surface area contributed by atoms with Crippen molar-refractivity contribution < 1.29 is 0 Å². The summed E-state index contributed by atoms with van der Waals surface area (Å²) in [7, 11) is 0. The second-order valence-electron chi connectivity index (χ2n) is 3.59. The van der Waals surface area contributed by atoms with Crippen molar-refractivity contribution in [3.05, 3.63) is 36.5 Å². The molecular weight excluding hydrogens is 156 g/mol. The van der Waals surface area contributed by atoms with E-state index in [1.54, 1.807) is 0 Å². The van der Waals surface area contributed by atoms with Crippen LogP contribution in [-0.2, 0) is 0 Å². The second-order valence-corrected chi connectivity index (χ2v) is 3.59. The highest BCUT2D eigenvalue weighted by Crippen LogP contribution is 2.08. The van der Waals surface area contributed by atoms with Crippen LogP contribution in [0, 0.1) is 0 Å². The van der Waals surface area contributed by atoms with E-state index in [4.69, 9.17) is 0 Å². The van der Waals surface area contributed by atoms with Gasteiger partial charge in [0.25, 0.3) is 0 Å². The smallest absolute Gasteiger partial charge is 0.0348 e. The van der Waals surface area contributed by atoms with Crippen molar-refractivity contribution in [2.45, 2.75) is 44.9 Å². The van der Waals surface area contributed by atoms with Crippen LogP contribution in [0.25, 0.3) is 0 Å². The van der Waals surface area contributed by atoms with Crippen molar-refractivity contribution in [1.29, 1.82) is 0 Å². The SMILES string of the molecule is C1=C/C=C/CCCCCCCC=C1. The number of hydrogen-bond acceptors (Lipinski definition) is 0. The molecule has 0 aromatic rings.